The van der Waals surface area contributed by atoms with Gasteiger partial charge >= 0.3 is 0 Å². The molecule has 20 heavy (non-hydrogen) atoms. The number of nitrogens with zero attached hydrogens (tertiary/aromatic N) is 1. The third-order valence-corrected chi connectivity index (χ3v) is 4.04. The monoisotopic (exact) mass is 276 g/mol. The van der Waals surface area contributed by atoms with Crippen LogP contribution in [-0.4, -0.2) is 37.1 Å². The van der Waals surface area contributed by atoms with Crippen LogP contribution in [0, 0.1) is 5.92 Å². The molecule has 0 aliphatic heterocycles. The summed E-state index contributed by atoms with van der Waals surface area (Å²) in [5, 5.41) is 0. The van der Waals surface area contributed by atoms with Gasteiger partial charge in [-0.2, -0.15) is 0 Å². The van der Waals surface area contributed by atoms with Crippen LogP contribution in [0.3, 0.4) is 0 Å². The highest BCUT2D eigenvalue weighted by Crippen LogP contribution is 2.35. The topological polar surface area (TPSA) is 55.6 Å². The van der Waals surface area contributed by atoms with Crippen LogP contribution in [0.15, 0.2) is 30.3 Å². The maximum Gasteiger partial charge on any atom is 0.244 e. The van der Waals surface area contributed by atoms with Gasteiger partial charge in [-0.3, -0.25) is 4.79 Å². The molecule has 0 spiro atoms. The van der Waals surface area contributed by atoms with Gasteiger partial charge < -0.3 is 15.4 Å². The molecule has 1 amide bonds. The summed E-state index contributed by atoms with van der Waals surface area (Å²) >= 11 is 0. The third kappa shape index (κ3) is 3.58. The Morgan fingerprint density at radius 3 is 2.60 bits per heavy atom. The first-order valence-electron chi connectivity index (χ1n) is 7.25. The van der Waals surface area contributed by atoms with Crippen LogP contribution in [0.5, 0.6) is 0 Å². The molecule has 4 heteroatoms. The maximum atomic E-state index is 12.7. The quantitative estimate of drug-likeness (QED) is 0.828. The molecule has 0 bridgehead atoms. The summed E-state index contributed by atoms with van der Waals surface area (Å²) in [5.41, 5.74) is 7.00. The van der Waals surface area contributed by atoms with Crippen molar-refractivity contribution in [3.05, 3.63) is 35.9 Å². The van der Waals surface area contributed by atoms with E-state index in [1.54, 1.807) is 7.11 Å². The summed E-state index contributed by atoms with van der Waals surface area (Å²) in [6, 6.07) is 9.20. The first-order chi connectivity index (χ1) is 9.65. The van der Waals surface area contributed by atoms with E-state index in [2.05, 4.69) is 6.92 Å². The fourth-order valence-electron chi connectivity index (χ4n) is 2.52. The normalized spacial score (nSPS) is 17.6. The number of rotatable bonds is 7. The van der Waals surface area contributed by atoms with Crippen LogP contribution >= 0.6 is 0 Å². The molecular formula is C16H24N2O2. The Bertz CT molecular complexity index is 431. The van der Waals surface area contributed by atoms with Gasteiger partial charge in [0.1, 0.15) is 6.04 Å². The molecule has 2 N–H and O–H groups in total. The van der Waals surface area contributed by atoms with Crippen molar-refractivity contribution in [1.29, 1.82) is 0 Å². The highest BCUT2D eigenvalue weighted by molar-refractivity contribution is 5.83. The summed E-state index contributed by atoms with van der Waals surface area (Å²) in [7, 11) is 1.65. The summed E-state index contributed by atoms with van der Waals surface area (Å²) in [6.45, 7) is 3.26. The number of benzene rings is 1. The molecule has 1 aliphatic rings. The minimum atomic E-state index is -0.589. The van der Waals surface area contributed by atoms with Crippen molar-refractivity contribution < 1.29 is 9.53 Å². The van der Waals surface area contributed by atoms with Gasteiger partial charge in [-0.1, -0.05) is 30.3 Å². The van der Waals surface area contributed by atoms with E-state index < -0.39 is 6.04 Å². The zero-order chi connectivity index (χ0) is 14.5. The highest BCUT2D eigenvalue weighted by atomic mass is 16.5. The summed E-state index contributed by atoms with van der Waals surface area (Å²) < 4.78 is 5.12. The van der Waals surface area contributed by atoms with E-state index in [4.69, 9.17) is 10.5 Å². The molecule has 0 aromatic heterocycles. The molecule has 2 rings (SSSR count). The van der Waals surface area contributed by atoms with Gasteiger partial charge in [0, 0.05) is 19.7 Å². The molecule has 1 aromatic rings. The Morgan fingerprint density at radius 1 is 1.40 bits per heavy atom. The first kappa shape index (κ1) is 15.0. The lowest BCUT2D eigenvalue weighted by molar-refractivity contribution is -0.136. The van der Waals surface area contributed by atoms with E-state index in [9.17, 15) is 4.79 Å². The zero-order valence-electron chi connectivity index (χ0n) is 12.3. The van der Waals surface area contributed by atoms with Crippen molar-refractivity contribution in [2.45, 2.75) is 31.8 Å². The molecule has 4 nitrogen and oxygen atoms in total. The molecule has 1 aliphatic carbocycles. The number of nitrogens with two attached hydrogens (primary N) is 1. The molecule has 0 saturated heterocycles. The molecule has 1 fully saturated rings. The number of carbonyl (C=O) groups excluding carboxylic acids is 1. The smallest absolute Gasteiger partial charge is 0.244 e. The Morgan fingerprint density at radius 2 is 2.05 bits per heavy atom. The number of hydrogen-bond donors (Lipinski definition) is 1. The first-order valence-corrected chi connectivity index (χ1v) is 7.25. The van der Waals surface area contributed by atoms with Crippen LogP contribution < -0.4 is 5.73 Å². The second-order valence-corrected chi connectivity index (χ2v) is 5.49. The fourth-order valence-corrected chi connectivity index (χ4v) is 2.52. The third-order valence-electron chi connectivity index (χ3n) is 4.04. The molecule has 2 atom stereocenters. The number of ether oxygens (including phenoxy) is 1. The fraction of sp³-hybridized carbons (Fsp3) is 0.562. The van der Waals surface area contributed by atoms with Crippen molar-refractivity contribution in [2.24, 2.45) is 11.7 Å². The Kier molecular flexibility index (Phi) is 5.15. The van der Waals surface area contributed by atoms with E-state index >= 15 is 0 Å². The van der Waals surface area contributed by atoms with Gasteiger partial charge in [0.2, 0.25) is 5.91 Å². The minimum Gasteiger partial charge on any atom is -0.383 e. The van der Waals surface area contributed by atoms with E-state index in [0.717, 1.165) is 5.56 Å². The van der Waals surface area contributed by atoms with Crippen molar-refractivity contribution in [3.63, 3.8) is 0 Å². The molecule has 0 heterocycles. The van der Waals surface area contributed by atoms with E-state index in [0.29, 0.717) is 19.1 Å². The lowest BCUT2D eigenvalue weighted by Crippen LogP contribution is -2.46. The predicted molar refractivity (Wildman–Crippen MR) is 79.1 cm³/mol. The van der Waals surface area contributed by atoms with Crippen LogP contribution in [0.1, 0.15) is 31.4 Å². The average molecular weight is 276 g/mol. The number of hydrogen-bond acceptors (Lipinski definition) is 3. The van der Waals surface area contributed by atoms with Gasteiger partial charge in [-0.25, -0.2) is 0 Å². The zero-order valence-corrected chi connectivity index (χ0v) is 12.3. The van der Waals surface area contributed by atoms with E-state index in [1.165, 1.54) is 12.8 Å². The van der Waals surface area contributed by atoms with Crippen LogP contribution in [0.4, 0.5) is 0 Å². The van der Waals surface area contributed by atoms with Gasteiger partial charge in [-0.05, 0) is 31.2 Å². The van der Waals surface area contributed by atoms with Crippen molar-refractivity contribution in [2.75, 3.05) is 20.3 Å². The van der Waals surface area contributed by atoms with Crippen molar-refractivity contribution >= 4 is 5.91 Å². The summed E-state index contributed by atoms with van der Waals surface area (Å²) in [4.78, 5) is 14.6. The number of carbonyl (C=O) groups is 1. The second kappa shape index (κ2) is 6.86. The largest absolute Gasteiger partial charge is 0.383 e. The number of methoxy groups -OCH3 is 1. The molecule has 0 radical (unpaired) electrons. The van der Waals surface area contributed by atoms with Crippen LogP contribution in [0.25, 0.3) is 0 Å². The van der Waals surface area contributed by atoms with Gasteiger partial charge in [0.05, 0.1) is 6.61 Å². The average Bonchev–Trinajstić information content (AvgIpc) is 3.32. The maximum absolute atomic E-state index is 12.7. The Hall–Kier alpha value is -1.39. The van der Waals surface area contributed by atoms with Gasteiger partial charge in [0.25, 0.3) is 0 Å². The Labute approximate surface area is 120 Å². The number of amides is 1. The standard InChI is InChI=1S/C16H24N2O2/c1-12(13-8-9-13)18(10-11-20-2)16(19)15(17)14-6-4-3-5-7-14/h3-7,12-13,15H,8-11,17H2,1-2H3. The molecule has 110 valence electrons. The molecular weight excluding hydrogens is 252 g/mol. The predicted octanol–water partition coefficient (Wildman–Crippen LogP) is 1.96. The van der Waals surface area contributed by atoms with Crippen LogP contribution in [0.2, 0.25) is 0 Å². The van der Waals surface area contributed by atoms with Gasteiger partial charge in [-0.15, -0.1) is 0 Å². The summed E-state index contributed by atoms with van der Waals surface area (Å²) in [5.74, 6) is 0.617. The second-order valence-electron chi connectivity index (χ2n) is 5.49. The lowest BCUT2D eigenvalue weighted by atomic mass is 10.0. The Balaban J connectivity index is 2.08. The molecule has 1 aromatic carbocycles. The lowest BCUT2D eigenvalue weighted by Gasteiger charge is -2.31. The van der Waals surface area contributed by atoms with Crippen molar-refractivity contribution in [1.82, 2.24) is 4.90 Å². The van der Waals surface area contributed by atoms with E-state index in [-0.39, 0.29) is 11.9 Å². The van der Waals surface area contributed by atoms with Crippen molar-refractivity contribution in [3.8, 4) is 0 Å². The SMILES string of the molecule is COCCN(C(=O)C(N)c1ccccc1)C(C)C1CC1. The molecule has 1 saturated carbocycles. The molecule has 2 unspecified atom stereocenters. The van der Waals surface area contributed by atoms with E-state index in [1.807, 2.05) is 35.2 Å². The van der Waals surface area contributed by atoms with Gasteiger partial charge in [0.15, 0.2) is 0 Å². The van der Waals surface area contributed by atoms with Crippen LogP contribution in [-0.2, 0) is 9.53 Å². The minimum absolute atomic E-state index is 0.00681. The highest BCUT2D eigenvalue weighted by Gasteiger charge is 2.35. The summed E-state index contributed by atoms with van der Waals surface area (Å²) in [6.07, 6.45) is 2.41.